The van der Waals surface area contributed by atoms with Crippen LogP contribution >= 0.6 is 22.7 Å². The molecule has 1 saturated heterocycles. The quantitative estimate of drug-likeness (QED) is 0.411. The van der Waals surface area contributed by atoms with E-state index in [9.17, 15) is 23.1 Å². The number of carbonyl (C=O) groups is 2. The number of hydrogen-bond acceptors (Lipinski definition) is 9. The van der Waals surface area contributed by atoms with Crippen molar-refractivity contribution in [3.8, 4) is 0 Å². The zero-order chi connectivity index (χ0) is 24.2. The molecule has 0 bridgehead atoms. The van der Waals surface area contributed by atoms with Gasteiger partial charge in [-0.3, -0.25) is 9.59 Å². The molecule has 3 heterocycles. The van der Waals surface area contributed by atoms with Gasteiger partial charge in [-0.1, -0.05) is 11.3 Å². The fraction of sp³-hybridized carbons (Fsp3) is 0.550. The van der Waals surface area contributed by atoms with E-state index in [1.807, 2.05) is 21.0 Å². The fourth-order valence-corrected chi connectivity index (χ4v) is 6.77. The van der Waals surface area contributed by atoms with Gasteiger partial charge in [0, 0.05) is 24.0 Å². The number of aryl methyl sites for hydroxylation is 1. The summed E-state index contributed by atoms with van der Waals surface area (Å²) < 4.78 is 27.8. The summed E-state index contributed by atoms with van der Waals surface area (Å²) in [6.45, 7) is 3.21. The summed E-state index contributed by atoms with van der Waals surface area (Å²) in [5, 5.41) is 12.6. The van der Waals surface area contributed by atoms with Gasteiger partial charge in [0.2, 0.25) is 0 Å². The van der Waals surface area contributed by atoms with Gasteiger partial charge in [-0.2, -0.15) is 4.72 Å². The monoisotopic (exact) mass is 515 g/mol. The minimum atomic E-state index is -4.12. The Labute approximate surface area is 201 Å². The van der Waals surface area contributed by atoms with Crippen molar-refractivity contribution in [2.24, 2.45) is 0 Å². The first-order valence-corrected chi connectivity index (χ1v) is 13.7. The highest BCUT2D eigenvalue weighted by molar-refractivity contribution is 7.91. The van der Waals surface area contributed by atoms with Crippen LogP contribution in [0.5, 0.6) is 0 Å². The molecule has 1 aliphatic rings. The molecule has 13 heteroatoms. The number of thiophene rings is 1. The van der Waals surface area contributed by atoms with Crippen LogP contribution in [0, 0.1) is 6.92 Å². The van der Waals surface area contributed by atoms with Crippen molar-refractivity contribution < 1.29 is 23.1 Å². The molecule has 182 valence electrons. The number of nitrogens with one attached hydrogen (secondary N) is 2. The molecular weight excluding hydrogens is 486 g/mol. The normalized spacial score (nSPS) is 17.5. The molecule has 1 fully saturated rings. The van der Waals surface area contributed by atoms with Crippen LogP contribution in [0.1, 0.15) is 33.8 Å². The number of carbonyl (C=O) groups excluding carboxylic acids is 1. The molecule has 33 heavy (non-hydrogen) atoms. The Morgan fingerprint density at radius 1 is 1.33 bits per heavy atom. The van der Waals surface area contributed by atoms with Crippen LogP contribution in [-0.2, 0) is 14.8 Å². The van der Waals surface area contributed by atoms with Crippen molar-refractivity contribution in [1.82, 2.24) is 19.9 Å². The van der Waals surface area contributed by atoms with E-state index in [0.717, 1.165) is 48.6 Å². The summed E-state index contributed by atoms with van der Waals surface area (Å²) in [5.74, 6) is -1.83. The number of sulfonamides is 1. The minimum Gasteiger partial charge on any atom is -0.480 e. The number of carboxylic acids is 1. The SMILES string of the molecule is Cc1ccc(C(=O)NC[C@H](NS(=O)(=O)c2cnc(N3CCCC3CCN(C)C)s2)C(=O)O)s1. The van der Waals surface area contributed by atoms with Crippen LogP contribution in [0.15, 0.2) is 22.5 Å². The Balaban J connectivity index is 1.65. The zero-order valence-electron chi connectivity index (χ0n) is 18.8. The van der Waals surface area contributed by atoms with E-state index < -0.39 is 27.9 Å². The van der Waals surface area contributed by atoms with Crippen LogP contribution < -0.4 is 14.9 Å². The molecule has 0 aliphatic carbocycles. The third kappa shape index (κ3) is 6.73. The number of carboxylic acid groups (broad SMARTS) is 1. The number of amides is 1. The van der Waals surface area contributed by atoms with E-state index in [-0.39, 0.29) is 10.8 Å². The molecule has 2 aromatic heterocycles. The van der Waals surface area contributed by atoms with Crippen molar-refractivity contribution in [3.63, 3.8) is 0 Å². The maximum atomic E-state index is 12.8. The van der Waals surface area contributed by atoms with Crippen LogP contribution in [0.2, 0.25) is 0 Å². The maximum Gasteiger partial charge on any atom is 0.323 e. The minimum absolute atomic E-state index is 0.0535. The van der Waals surface area contributed by atoms with Gasteiger partial charge in [0.1, 0.15) is 6.04 Å². The largest absolute Gasteiger partial charge is 0.480 e. The highest BCUT2D eigenvalue weighted by Gasteiger charge is 2.31. The second kappa shape index (κ2) is 10.9. The van der Waals surface area contributed by atoms with E-state index in [2.05, 4.69) is 24.8 Å². The molecule has 1 aliphatic heterocycles. The number of hydrogen-bond donors (Lipinski definition) is 3. The van der Waals surface area contributed by atoms with Gasteiger partial charge < -0.3 is 20.2 Å². The standard InChI is InChI=1S/C20H29N5O5S3/c1-13-6-7-16(31-13)18(26)21-11-15(19(27)28)23-33(29,30)17-12-22-20(32-17)25-9-4-5-14(25)8-10-24(2)3/h6-7,12,14-15,23H,4-5,8-11H2,1-3H3,(H,21,26)(H,27,28)/t14?,15-/m0/s1. The lowest BCUT2D eigenvalue weighted by atomic mass is 10.1. The van der Waals surface area contributed by atoms with Crippen LogP contribution in [-0.4, -0.2) is 81.1 Å². The van der Waals surface area contributed by atoms with Gasteiger partial charge in [0.25, 0.3) is 15.9 Å². The van der Waals surface area contributed by atoms with E-state index in [1.165, 1.54) is 17.5 Å². The molecule has 0 spiro atoms. The molecule has 3 N–H and O–H groups in total. The summed E-state index contributed by atoms with van der Waals surface area (Å²) in [7, 11) is -0.0919. The van der Waals surface area contributed by atoms with Gasteiger partial charge in [0.15, 0.2) is 9.34 Å². The van der Waals surface area contributed by atoms with Crippen molar-refractivity contribution >= 4 is 49.7 Å². The summed E-state index contributed by atoms with van der Waals surface area (Å²) in [4.78, 5) is 33.8. The van der Waals surface area contributed by atoms with Crippen LogP contribution in [0.4, 0.5) is 5.13 Å². The summed E-state index contributed by atoms with van der Waals surface area (Å²) >= 11 is 2.30. The smallest absolute Gasteiger partial charge is 0.323 e. The Morgan fingerprint density at radius 2 is 2.09 bits per heavy atom. The topological polar surface area (TPSA) is 132 Å². The summed E-state index contributed by atoms with van der Waals surface area (Å²) in [6.07, 6.45) is 4.26. The number of thiazole rings is 1. The average Bonchev–Trinajstić information content (AvgIpc) is 3.48. The van der Waals surface area contributed by atoms with Crippen LogP contribution in [0.25, 0.3) is 0 Å². The highest BCUT2D eigenvalue weighted by atomic mass is 32.2. The Bertz CT molecular complexity index is 1080. The predicted octanol–water partition coefficient (Wildman–Crippen LogP) is 1.60. The van der Waals surface area contributed by atoms with Gasteiger partial charge >= 0.3 is 5.97 Å². The first kappa shape index (κ1) is 25.6. The third-order valence-corrected chi connectivity index (χ3v) is 9.26. The molecule has 2 aromatic rings. The molecule has 3 rings (SSSR count). The van der Waals surface area contributed by atoms with E-state index in [1.54, 1.807) is 12.1 Å². The lowest BCUT2D eigenvalue weighted by Gasteiger charge is -2.25. The molecule has 10 nitrogen and oxygen atoms in total. The molecule has 2 atom stereocenters. The number of anilines is 1. The first-order valence-electron chi connectivity index (χ1n) is 10.5. The Kier molecular flexibility index (Phi) is 8.45. The lowest BCUT2D eigenvalue weighted by molar-refractivity contribution is -0.138. The lowest BCUT2D eigenvalue weighted by Crippen LogP contribution is -2.48. The van der Waals surface area contributed by atoms with E-state index in [4.69, 9.17) is 0 Å². The van der Waals surface area contributed by atoms with Crippen molar-refractivity contribution in [2.45, 2.75) is 42.5 Å². The van der Waals surface area contributed by atoms with E-state index >= 15 is 0 Å². The van der Waals surface area contributed by atoms with Gasteiger partial charge in [-0.25, -0.2) is 13.4 Å². The number of aliphatic carboxylic acids is 1. The number of rotatable bonds is 11. The maximum absolute atomic E-state index is 12.8. The molecule has 1 unspecified atom stereocenters. The predicted molar refractivity (Wildman–Crippen MR) is 129 cm³/mol. The van der Waals surface area contributed by atoms with Crippen LogP contribution in [0.3, 0.4) is 0 Å². The highest BCUT2D eigenvalue weighted by Crippen LogP contribution is 2.32. The third-order valence-electron chi connectivity index (χ3n) is 5.30. The van der Waals surface area contributed by atoms with Crippen molar-refractivity contribution in [2.75, 3.05) is 38.6 Å². The number of nitrogens with zero attached hydrogens (tertiary/aromatic N) is 3. The molecule has 0 saturated carbocycles. The second-order valence-corrected chi connectivity index (χ2v) is 12.4. The van der Waals surface area contributed by atoms with E-state index in [0.29, 0.717) is 16.1 Å². The Hall–Kier alpha value is -2.06. The van der Waals surface area contributed by atoms with Crippen molar-refractivity contribution in [1.29, 1.82) is 0 Å². The zero-order valence-corrected chi connectivity index (χ0v) is 21.2. The van der Waals surface area contributed by atoms with Gasteiger partial charge in [-0.15, -0.1) is 11.3 Å². The first-order chi connectivity index (χ1) is 15.6. The van der Waals surface area contributed by atoms with Crippen molar-refractivity contribution in [3.05, 3.63) is 28.1 Å². The summed E-state index contributed by atoms with van der Waals surface area (Å²) in [6, 6.07) is 2.21. The number of aromatic nitrogens is 1. The Morgan fingerprint density at radius 3 is 2.73 bits per heavy atom. The molecular formula is C20H29N5O5S3. The molecule has 0 aromatic carbocycles. The van der Waals surface area contributed by atoms with Gasteiger partial charge in [0.05, 0.1) is 11.1 Å². The summed E-state index contributed by atoms with van der Waals surface area (Å²) in [5.41, 5.74) is 0. The molecule has 1 amide bonds. The average molecular weight is 516 g/mol. The fourth-order valence-electron chi connectivity index (χ4n) is 3.57. The van der Waals surface area contributed by atoms with Gasteiger partial charge in [-0.05, 0) is 59.0 Å². The molecule has 0 radical (unpaired) electrons. The second-order valence-electron chi connectivity index (χ2n) is 8.18.